The van der Waals surface area contributed by atoms with E-state index in [9.17, 15) is 14.0 Å². The molecule has 0 aliphatic heterocycles. The third-order valence-electron chi connectivity index (χ3n) is 7.43. The van der Waals surface area contributed by atoms with Crippen molar-refractivity contribution in [2.75, 3.05) is 39.5 Å². The number of anilines is 1. The summed E-state index contributed by atoms with van der Waals surface area (Å²) in [6, 6.07) is 6.83. The number of nitrogens with zero attached hydrogens (tertiary/aromatic N) is 3. The second-order valence-electron chi connectivity index (χ2n) is 11.6. The molecule has 240 valence electrons. The average molecular weight is 600 g/mol. The number of aliphatic imine (C=N–C) groups is 1. The molecule has 0 saturated heterocycles. The average Bonchev–Trinajstić information content (AvgIpc) is 2.96. The van der Waals surface area contributed by atoms with E-state index in [1.807, 2.05) is 24.1 Å². The van der Waals surface area contributed by atoms with Gasteiger partial charge in [-0.05, 0) is 82.0 Å². The van der Waals surface area contributed by atoms with E-state index in [4.69, 9.17) is 11.6 Å². The van der Waals surface area contributed by atoms with Crippen LogP contribution in [-0.4, -0.2) is 67.8 Å². The smallest absolute Gasteiger partial charge is 0.316 e. The molecule has 1 fully saturated rings. The topological polar surface area (TPSA) is 129 Å². The maximum absolute atomic E-state index is 13.1. The van der Waals surface area contributed by atoms with Crippen molar-refractivity contribution in [3.8, 4) is 12.8 Å². The number of amides is 3. The maximum atomic E-state index is 13.1. The summed E-state index contributed by atoms with van der Waals surface area (Å²) in [4.78, 5) is 30.4. The number of allylic oxidation sites excluding steroid dienone is 4. The Balaban J connectivity index is 0.000000878. The maximum Gasteiger partial charge on any atom is 0.316 e. The van der Waals surface area contributed by atoms with Gasteiger partial charge in [0.15, 0.2) is 0 Å². The van der Waals surface area contributed by atoms with Gasteiger partial charge in [0.25, 0.3) is 0 Å². The largest absolute Gasteiger partial charge is 0.351 e. The van der Waals surface area contributed by atoms with Crippen LogP contribution in [-0.2, 0) is 4.79 Å². The third-order valence-corrected chi connectivity index (χ3v) is 7.43. The van der Waals surface area contributed by atoms with Crippen LogP contribution in [0, 0.1) is 24.2 Å². The third kappa shape index (κ3) is 16.5. The van der Waals surface area contributed by atoms with Crippen molar-refractivity contribution in [1.29, 1.82) is 0 Å². The van der Waals surface area contributed by atoms with Gasteiger partial charge in [0.2, 0.25) is 5.91 Å². The van der Waals surface area contributed by atoms with Gasteiger partial charge in [-0.25, -0.2) is 15.0 Å². The Morgan fingerprint density at radius 1 is 1.19 bits per heavy atom. The molecule has 43 heavy (non-hydrogen) atoms. The van der Waals surface area contributed by atoms with Crippen LogP contribution in [0.1, 0.15) is 71.8 Å². The molecular formula is C33H54FN7O2. The number of nitrogens with one attached hydrogen (secondary N) is 2. The van der Waals surface area contributed by atoms with Gasteiger partial charge < -0.3 is 26.3 Å². The van der Waals surface area contributed by atoms with Crippen LogP contribution in [0.2, 0.25) is 0 Å². The van der Waals surface area contributed by atoms with Gasteiger partial charge in [0.05, 0.1) is 0 Å². The van der Waals surface area contributed by atoms with Crippen LogP contribution >= 0.6 is 0 Å². The molecule has 0 aromatic heterocycles. The van der Waals surface area contributed by atoms with E-state index in [0.29, 0.717) is 17.6 Å². The standard InChI is InChI=1S/C22H39FN2O.C9H13N5O.C2H2/c1-7-20(23)10-8-9-15-22(3,4)17-24(5)16-19-11-13-21(14-12-19)25(6)18(2)26;1-12-8(14-11)6-3-2-4-7(5-6)13-9(10)15;1-2/h7-8,10,19,21H,9,11-17H2,1-6H3;2-5H,11H2,1H3,(H,12,14)(H3,10,13,15);1-2H/b10-8-,20-7+;;. The Morgan fingerprint density at radius 2 is 1.81 bits per heavy atom. The fraction of sp³-hybridized carbons (Fsp3) is 0.545. The van der Waals surface area contributed by atoms with Crippen molar-refractivity contribution < 1.29 is 14.0 Å². The molecule has 0 radical (unpaired) electrons. The highest BCUT2D eigenvalue weighted by molar-refractivity contribution is 6.00. The summed E-state index contributed by atoms with van der Waals surface area (Å²) in [7, 11) is 5.76. The second-order valence-corrected chi connectivity index (χ2v) is 11.6. The lowest BCUT2D eigenvalue weighted by Gasteiger charge is -2.37. The van der Waals surface area contributed by atoms with Gasteiger partial charge in [-0.2, -0.15) is 0 Å². The predicted molar refractivity (Wildman–Crippen MR) is 178 cm³/mol. The number of hydrogen-bond acceptors (Lipinski definition) is 5. The van der Waals surface area contributed by atoms with Crippen molar-refractivity contribution >= 4 is 23.5 Å². The summed E-state index contributed by atoms with van der Waals surface area (Å²) in [5.74, 6) is 6.55. The Kier molecular flexibility index (Phi) is 19.3. The normalized spacial score (nSPS) is 17.3. The van der Waals surface area contributed by atoms with E-state index < -0.39 is 6.03 Å². The lowest BCUT2D eigenvalue weighted by atomic mass is 9.83. The van der Waals surface area contributed by atoms with Gasteiger partial charge in [-0.3, -0.25) is 9.79 Å². The number of urea groups is 1. The monoisotopic (exact) mass is 599 g/mol. The first kappa shape index (κ1) is 39.3. The zero-order valence-electron chi connectivity index (χ0n) is 27.2. The molecule has 9 nitrogen and oxygen atoms in total. The lowest BCUT2D eigenvalue weighted by Crippen LogP contribution is -2.40. The molecule has 1 saturated carbocycles. The van der Waals surface area contributed by atoms with Gasteiger partial charge in [-0.15, -0.1) is 12.8 Å². The first-order valence-electron chi connectivity index (χ1n) is 14.7. The summed E-state index contributed by atoms with van der Waals surface area (Å²) < 4.78 is 13.1. The molecule has 3 amide bonds. The minimum absolute atomic E-state index is 0.161. The van der Waals surface area contributed by atoms with Crippen molar-refractivity contribution in [3.63, 3.8) is 0 Å². The Morgan fingerprint density at radius 3 is 2.33 bits per heavy atom. The highest BCUT2D eigenvalue weighted by atomic mass is 19.1. The number of terminal acetylenes is 1. The van der Waals surface area contributed by atoms with Crippen molar-refractivity contribution in [1.82, 2.24) is 15.2 Å². The van der Waals surface area contributed by atoms with Crippen molar-refractivity contribution in [3.05, 3.63) is 53.9 Å². The van der Waals surface area contributed by atoms with Crippen LogP contribution in [0.25, 0.3) is 0 Å². The number of nitrogens with two attached hydrogens (primary N) is 2. The van der Waals surface area contributed by atoms with Crippen LogP contribution in [0.3, 0.4) is 0 Å². The van der Waals surface area contributed by atoms with Crippen molar-refractivity contribution in [2.45, 2.75) is 72.3 Å². The molecule has 6 N–H and O–H groups in total. The number of carbonyl (C=O) groups excluding carboxylic acids is 2. The molecule has 0 spiro atoms. The summed E-state index contributed by atoms with van der Waals surface area (Å²) in [5, 5.41) is 2.46. The van der Waals surface area contributed by atoms with E-state index >= 15 is 0 Å². The molecule has 2 rings (SSSR count). The van der Waals surface area contributed by atoms with Crippen LogP contribution in [0.15, 0.2) is 53.3 Å². The fourth-order valence-electron chi connectivity index (χ4n) is 5.22. The summed E-state index contributed by atoms with van der Waals surface area (Å²) in [6.07, 6.45) is 19.6. The summed E-state index contributed by atoms with van der Waals surface area (Å²) in [6.45, 7) is 10.1. The first-order valence-corrected chi connectivity index (χ1v) is 14.7. The molecular weight excluding hydrogens is 545 g/mol. The molecule has 10 heteroatoms. The van der Waals surface area contributed by atoms with E-state index in [-0.39, 0.29) is 17.1 Å². The number of carbonyl (C=O) groups is 2. The number of hydrogen-bond donors (Lipinski definition) is 4. The van der Waals surface area contributed by atoms with E-state index in [0.717, 1.165) is 50.3 Å². The summed E-state index contributed by atoms with van der Waals surface area (Å²) in [5.41, 5.74) is 9.03. The van der Waals surface area contributed by atoms with Gasteiger partial charge in [0.1, 0.15) is 11.7 Å². The SMILES string of the molecule is C#C.C/C=C(F)\C=C/CCC(C)(C)CN(C)CC1CCC(N(C)C(C)=O)CC1.CN=C(NN)c1cccc(NC(N)=O)c1. The summed E-state index contributed by atoms with van der Waals surface area (Å²) >= 11 is 0. The number of amidine groups is 1. The number of rotatable bonds is 11. The van der Waals surface area contributed by atoms with E-state index in [1.54, 1.807) is 45.2 Å². The molecule has 0 unspecified atom stereocenters. The Labute approximate surface area is 259 Å². The van der Waals surface area contributed by atoms with E-state index in [2.05, 4.69) is 54.4 Å². The zero-order valence-corrected chi connectivity index (χ0v) is 27.2. The van der Waals surface area contributed by atoms with Gasteiger partial charge in [-0.1, -0.05) is 38.1 Å². The quantitative estimate of drug-likeness (QED) is 0.0671. The highest BCUT2D eigenvalue weighted by Crippen LogP contribution is 2.29. The Bertz CT molecular complexity index is 1090. The zero-order chi connectivity index (χ0) is 33.0. The molecule has 0 atom stereocenters. The molecule has 0 heterocycles. The van der Waals surface area contributed by atoms with Crippen LogP contribution in [0.4, 0.5) is 14.9 Å². The molecule has 1 aromatic carbocycles. The molecule has 1 aliphatic rings. The number of benzene rings is 1. The van der Waals surface area contributed by atoms with E-state index in [1.165, 1.54) is 18.9 Å². The minimum atomic E-state index is -0.608. The predicted octanol–water partition coefficient (Wildman–Crippen LogP) is 5.46. The lowest BCUT2D eigenvalue weighted by molar-refractivity contribution is -0.130. The van der Waals surface area contributed by atoms with Crippen molar-refractivity contribution in [2.24, 2.45) is 27.9 Å². The molecule has 1 aromatic rings. The highest BCUT2D eigenvalue weighted by Gasteiger charge is 2.27. The van der Waals surface area contributed by atoms with Gasteiger partial charge in [0, 0.05) is 51.4 Å². The Hall–Kier alpha value is -3.68. The number of primary amides is 1. The molecule has 1 aliphatic carbocycles. The van der Waals surface area contributed by atoms with Crippen LogP contribution < -0.4 is 22.3 Å². The number of halogens is 1. The fourth-order valence-corrected chi connectivity index (χ4v) is 5.22. The minimum Gasteiger partial charge on any atom is -0.351 e. The molecule has 0 bridgehead atoms. The van der Waals surface area contributed by atoms with Gasteiger partial charge >= 0.3 is 6.03 Å². The second kappa shape index (κ2) is 21.1. The number of hydrazine groups is 1. The first-order chi connectivity index (χ1) is 20.3. The van der Waals surface area contributed by atoms with Crippen LogP contribution in [0.5, 0.6) is 0 Å².